The van der Waals surface area contributed by atoms with Crippen molar-refractivity contribution in [1.82, 2.24) is 0 Å². The molecule has 0 radical (unpaired) electrons. The number of pyridine rings is 1. The Morgan fingerprint density at radius 3 is 1.54 bits per heavy atom. The van der Waals surface area contributed by atoms with Crippen molar-refractivity contribution >= 4 is 18.7 Å². The van der Waals surface area contributed by atoms with Gasteiger partial charge in [0.1, 0.15) is 6.54 Å². The van der Waals surface area contributed by atoms with Crippen LogP contribution in [-0.2, 0) is 6.54 Å². The monoisotopic (exact) mass is 671 g/mol. The zero-order valence-corrected chi connectivity index (χ0v) is 27.8. The van der Waals surface area contributed by atoms with Gasteiger partial charge in [0.05, 0.1) is 17.4 Å². The Morgan fingerprint density at radius 2 is 1.06 bits per heavy atom. The zero-order valence-electron chi connectivity index (χ0n) is 27.8. The highest BCUT2D eigenvalue weighted by Crippen LogP contribution is 2.38. The third kappa shape index (κ3) is 8.56. The lowest BCUT2D eigenvalue weighted by molar-refractivity contribution is -0.675. The van der Waals surface area contributed by atoms with Crippen LogP contribution in [-0.4, -0.2) is 13.0 Å². The van der Waals surface area contributed by atoms with E-state index in [0.717, 1.165) is 37.2 Å². The van der Waals surface area contributed by atoms with Crippen LogP contribution in [0.2, 0.25) is 0 Å². The molecule has 0 fully saturated rings. The minimum atomic E-state index is -6.00. The van der Waals surface area contributed by atoms with E-state index in [1.54, 1.807) is 0 Å². The van der Waals surface area contributed by atoms with Crippen molar-refractivity contribution in [2.45, 2.75) is 38.8 Å². The van der Waals surface area contributed by atoms with E-state index in [1.807, 2.05) is 0 Å². The molecule has 3 nitrogen and oxygen atoms in total. The minimum absolute atomic E-state index is 0.149. The molecule has 0 saturated carbocycles. The van der Waals surface area contributed by atoms with E-state index in [4.69, 9.17) is 5.10 Å². The third-order valence-corrected chi connectivity index (χ3v) is 8.71. The molecule has 1 aliphatic heterocycles. The highest BCUT2D eigenvalue weighted by molar-refractivity contribution is 6.50. The van der Waals surface area contributed by atoms with Crippen molar-refractivity contribution in [2.24, 2.45) is 5.10 Å². The van der Waals surface area contributed by atoms with Crippen molar-refractivity contribution in [3.05, 3.63) is 169 Å². The average molecular weight is 672 g/mol. The van der Waals surface area contributed by atoms with Gasteiger partial charge in [-0.15, -0.1) is 0 Å². The number of benzene rings is 5. The molecule has 1 atom stereocenters. The number of anilines is 1. The number of hydrogen-bond acceptors (Lipinski definition) is 2. The quantitative estimate of drug-likeness (QED) is 0.0851. The second kappa shape index (κ2) is 15.8. The summed E-state index contributed by atoms with van der Waals surface area (Å²) in [5.41, 5.74) is 12.0. The first kappa shape index (κ1) is 34.4. The Kier molecular flexibility index (Phi) is 10.9. The van der Waals surface area contributed by atoms with Crippen LogP contribution >= 0.6 is 0 Å². The fourth-order valence-electron chi connectivity index (χ4n) is 6.34. The number of hydrogen-bond donors (Lipinski definition) is 0. The van der Waals surface area contributed by atoms with E-state index in [0.29, 0.717) is 0 Å². The van der Waals surface area contributed by atoms with E-state index in [1.165, 1.54) is 44.8 Å². The largest absolute Gasteiger partial charge is 0.673 e. The molecule has 5 aromatic carbocycles. The summed E-state index contributed by atoms with van der Waals surface area (Å²) in [6, 6.07) is 56.7. The van der Waals surface area contributed by atoms with Gasteiger partial charge in [-0.2, -0.15) is 9.67 Å². The van der Waals surface area contributed by atoms with Crippen LogP contribution in [0, 0.1) is 0 Å². The summed E-state index contributed by atoms with van der Waals surface area (Å²) in [5, 5.41) is 7.39. The van der Waals surface area contributed by atoms with Gasteiger partial charge in [-0.3, -0.25) is 5.01 Å². The molecule has 1 aromatic heterocycles. The fraction of sp³-hybridized carbons (Fsp3) is 0.143. The predicted octanol–water partition coefficient (Wildman–Crippen LogP) is 11.4. The van der Waals surface area contributed by atoms with Crippen LogP contribution in [0.25, 0.3) is 33.6 Å². The number of aromatic nitrogens is 1. The molecule has 50 heavy (non-hydrogen) atoms. The standard InChI is InChI=1S/C42H38N3.BF4/c1-2-3-28-44-40(34-18-10-5-11-19-34)29-37(30-41(44)35-20-12-6-13-21-35)32-24-26-38(27-25-32)45-42(36-22-14-7-15-23-36)31-39(43-45)33-16-8-4-9-17-33;2-1(3,4)5/h4-27,29-30,42H,2-3,28,31H2,1H3;/q+1;-1. The van der Waals surface area contributed by atoms with Gasteiger partial charge in [0.15, 0.2) is 0 Å². The lowest BCUT2D eigenvalue weighted by Gasteiger charge is -2.24. The predicted molar refractivity (Wildman–Crippen MR) is 197 cm³/mol. The Bertz CT molecular complexity index is 1940. The van der Waals surface area contributed by atoms with Gasteiger partial charge in [-0.1, -0.05) is 123 Å². The Morgan fingerprint density at radius 1 is 0.600 bits per heavy atom. The normalized spacial score (nSPS) is 14.1. The lowest BCUT2D eigenvalue weighted by atomic mass is 9.97. The molecule has 1 unspecified atom stereocenters. The van der Waals surface area contributed by atoms with E-state index >= 15 is 0 Å². The molecular formula is C42H38BF4N3. The van der Waals surface area contributed by atoms with Crippen molar-refractivity contribution in [3.8, 4) is 33.6 Å². The number of halogens is 4. The second-order valence-electron chi connectivity index (χ2n) is 12.2. The highest BCUT2D eigenvalue weighted by atomic mass is 19.5. The van der Waals surface area contributed by atoms with Crippen molar-refractivity contribution in [3.63, 3.8) is 0 Å². The maximum Gasteiger partial charge on any atom is 0.673 e. The van der Waals surface area contributed by atoms with Crippen molar-refractivity contribution in [1.29, 1.82) is 0 Å². The zero-order chi connectivity index (χ0) is 34.9. The summed E-state index contributed by atoms with van der Waals surface area (Å²) >= 11 is 0. The van der Waals surface area contributed by atoms with E-state index in [-0.39, 0.29) is 6.04 Å². The van der Waals surface area contributed by atoms with Gasteiger partial charge in [0.25, 0.3) is 0 Å². The molecule has 1 aliphatic rings. The minimum Gasteiger partial charge on any atom is -0.418 e. The molecule has 7 rings (SSSR count). The van der Waals surface area contributed by atoms with Crippen LogP contribution in [0.5, 0.6) is 0 Å². The van der Waals surface area contributed by atoms with Gasteiger partial charge < -0.3 is 17.3 Å². The molecule has 2 heterocycles. The summed E-state index contributed by atoms with van der Waals surface area (Å²) in [7, 11) is -6.00. The molecule has 0 aliphatic carbocycles. The molecule has 6 aromatic rings. The Balaban J connectivity index is 0.000000808. The van der Waals surface area contributed by atoms with E-state index in [2.05, 4.69) is 174 Å². The van der Waals surface area contributed by atoms with Gasteiger partial charge in [-0.05, 0) is 58.7 Å². The summed E-state index contributed by atoms with van der Waals surface area (Å²) < 4.78 is 41.5. The molecule has 0 spiro atoms. The van der Waals surface area contributed by atoms with Gasteiger partial charge in [0, 0.05) is 36.1 Å². The average Bonchev–Trinajstić information content (AvgIpc) is 3.60. The van der Waals surface area contributed by atoms with Crippen LogP contribution < -0.4 is 9.58 Å². The van der Waals surface area contributed by atoms with Gasteiger partial charge >= 0.3 is 7.25 Å². The van der Waals surface area contributed by atoms with Crippen molar-refractivity contribution < 1.29 is 21.8 Å². The van der Waals surface area contributed by atoms with Crippen LogP contribution in [0.1, 0.15) is 43.4 Å². The first-order valence-electron chi connectivity index (χ1n) is 16.9. The van der Waals surface area contributed by atoms with Crippen LogP contribution in [0.4, 0.5) is 23.0 Å². The number of rotatable bonds is 9. The molecule has 252 valence electrons. The van der Waals surface area contributed by atoms with Crippen LogP contribution in [0.15, 0.2) is 163 Å². The Labute approximate surface area is 291 Å². The third-order valence-electron chi connectivity index (χ3n) is 8.71. The summed E-state index contributed by atoms with van der Waals surface area (Å²) in [5.74, 6) is 0. The van der Waals surface area contributed by atoms with Gasteiger partial charge in [0.2, 0.25) is 11.4 Å². The SMILES string of the molecule is CCCC[n+]1c(-c2ccccc2)cc(-c2ccc(N3N=C(c4ccccc4)CC3c3ccccc3)cc2)cc1-c1ccccc1.F[B-](F)(F)F. The molecule has 0 N–H and O–H groups in total. The first-order valence-corrected chi connectivity index (χ1v) is 16.9. The van der Waals surface area contributed by atoms with E-state index in [9.17, 15) is 17.3 Å². The first-order chi connectivity index (χ1) is 24.3. The molecular weight excluding hydrogens is 633 g/mol. The maximum atomic E-state index is 9.75. The summed E-state index contributed by atoms with van der Waals surface area (Å²) in [6.07, 6.45) is 3.14. The Hall–Kier alpha value is -5.50. The second-order valence-corrected chi connectivity index (χ2v) is 12.2. The number of unbranched alkanes of at least 4 members (excludes halogenated alkanes) is 1. The summed E-state index contributed by atoms with van der Waals surface area (Å²) in [6.45, 7) is 3.23. The lowest BCUT2D eigenvalue weighted by Crippen LogP contribution is -2.39. The summed E-state index contributed by atoms with van der Waals surface area (Å²) in [4.78, 5) is 0. The fourth-order valence-corrected chi connectivity index (χ4v) is 6.34. The van der Waals surface area contributed by atoms with Crippen molar-refractivity contribution in [2.75, 3.05) is 5.01 Å². The maximum absolute atomic E-state index is 9.75. The molecule has 8 heteroatoms. The molecule has 0 amide bonds. The number of nitrogens with zero attached hydrogens (tertiary/aromatic N) is 3. The number of hydrazone groups is 1. The smallest absolute Gasteiger partial charge is 0.418 e. The van der Waals surface area contributed by atoms with E-state index < -0.39 is 7.25 Å². The highest BCUT2D eigenvalue weighted by Gasteiger charge is 2.30. The topological polar surface area (TPSA) is 19.5 Å². The van der Waals surface area contributed by atoms with Crippen LogP contribution in [0.3, 0.4) is 0 Å². The van der Waals surface area contributed by atoms with Gasteiger partial charge in [-0.25, -0.2) is 0 Å². The molecule has 0 bridgehead atoms. The molecule has 0 saturated heterocycles.